The van der Waals surface area contributed by atoms with Gasteiger partial charge in [0.2, 0.25) is 0 Å². The molecule has 3 nitrogen and oxygen atoms in total. The smallest absolute Gasteiger partial charge is 0.0887 e. The molecule has 82 valence electrons. The van der Waals surface area contributed by atoms with Crippen molar-refractivity contribution in [2.45, 2.75) is 34.1 Å². The van der Waals surface area contributed by atoms with Crippen molar-refractivity contribution in [1.29, 1.82) is 0 Å². The predicted molar refractivity (Wildman–Crippen MR) is 57.6 cm³/mol. The van der Waals surface area contributed by atoms with Crippen LogP contribution in [0.2, 0.25) is 0 Å². The summed E-state index contributed by atoms with van der Waals surface area (Å²) in [6.07, 6.45) is 1.02. The van der Waals surface area contributed by atoms with Gasteiger partial charge in [-0.3, -0.25) is 12.5 Å². The molecule has 0 atom stereocenters. The second kappa shape index (κ2) is 7.62. The number of hydrogen-bond acceptors (Lipinski definition) is 3. The summed E-state index contributed by atoms with van der Waals surface area (Å²) >= 11 is 0. The summed E-state index contributed by atoms with van der Waals surface area (Å²) in [5, 5.41) is 0. The van der Waals surface area contributed by atoms with E-state index in [2.05, 4.69) is 6.92 Å². The second-order valence-electron chi connectivity index (χ2n) is 2.48. The van der Waals surface area contributed by atoms with Gasteiger partial charge in [0, 0.05) is 5.75 Å². The van der Waals surface area contributed by atoms with Gasteiger partial charge in [-0.2, -0.15) is 0 Å². The van der Waals surface area contributed by atoms with Crippen LogP contribution in [0.3, 0.4) is 0 Å². The first-order chi connectivity index (χ1) is 6.24. The highest BCUT2D eigenvalue weighted by Crippen LogP contribution is 2.51. The molecule has 0 aliphatic rings. The lowest BCUT2D eigenvalue weighted by atomic mass is 10.6. The highest BCUT2D eigenvalue weighted by Gasteiger charge is 2.24. The standard InChI is InChI=1S/C9H22O3S/c1-5-9-13(10-6-2,11-7-3)12-8-4/h5-9H2,1-4H3. The Hall–Kier alpha value is 0.230. The van der Waals surface area contributed by atoms with Crippen molar-refractivity contribution < 1.29 is 12.5 Å². The molecular formula is C9H22O3S. The van der Waals surface area contributed by atoms with E-state index in [-0.39, 0.29) is 0 Å². The summed E-state index contributed by atoms with van der Waals surface area (Å²) in [5.41, 5.74) is 0. The quantitative estimate of drug-likeness (QED) is 0.616. The first-order valence-electron chi connectivity index (χ1n) is 4.98. The largest absolute Gasteiger partial charge is 0.293 e. The average Bonchev–Trinajstić information content (AvgIpc) is 2.06. The van der Waals surface area contributed by atoms with E-state index < -0.39 is 10.9 Å². The molecule has 0 heterocycles. The van der Waals surface area contributed by atoms with E-state index >= 15 is 0 Å². The van der Waals surface area contributed by atoms with Crippen LogP contribution in [0.25, 0.3) is 0 Å². The van der Waals surface area contributed by atoms with Crippen LogP contribution in [0.4, 0.5) is 0 Å². The van der Waals surface area contributed by atoms with Gasteiger partial charge in [0.25, 0.3) is 0 Å². The molecule has 0 saturated heterocycles. The molecule has 0 aliphatic heterocycles. The molecule has 0 spiro atoms. The van der Waals surface area contributed by atoms with E-state index in [9.17, 15) is 0 Å². The Morgan fingerprint density at radius 3 is 1.38 bits per heavy atom. The molecular weight excluding hydrogens is 188 g/mol. The van der Waals surface area contributed by atoms with Gasteiger partial charge in [0.1, 0.15) is 0 Å². The molecule has 0 fully saturated rings. The fraction of sp³-hybridized carbons (Fsp3) is 1.00. The lowest BCUT2D eigenvalue weighted by Crippen LogP contribution is -2.15. The maximum Gasteiger partial charge on any atom is 0.0887 e. The van der Waals surface area contributed by atoms with Crippen LogP contribution in [0.15, 0.2) is 0 Å². The van der Waals surface area contributed by atoms with Gasteiger partial charge < -0.3 is 0 Å². The van der Waals surface area contributed by atoms with E-state index in [4.69, 9.17) is 12.5 Å². The van der Waals surface area contributed by atoms with Gasteiger partial charge >= 0.3 is 0 Å². The summed E-state index contributed by atoms with van der Waals surface area (Å²) in [7, 11) is -1.70. The maximum atomic E-state index is 5.59. The van der Waals surface area contributed by atoms with Gasteiger partial charge in [-0.05, 0) is 27.2 Å². The third kappa shape index (κ3) is 4.86. The van der Waals surface area contributed by atoms with Crippen LogP contribution in [-0.2, 0) is 12.5 Å². The SMILES string of the molecule is CCCS(OCC)(OCC)OCC. The number of hydrogen-bond donors (Lipinski definition) is 0. The highest BCUT2D eigenvalue weighted by molar-refractivity contribution is 8.21. The Kier molecular flexibility index (Phi) is 7.75. The van der Waals surface area contributed by atoms with Crippen molar-refractivity contribution in [3.63, 3.8) is 0 Å². The van der Waals surface area contributed by atoms with Crippen LogP contribution < -0.4 is 0 Å². The Morgan fingerprint density at radius 1 is 0.769 bits per heavy atom. The fourth-order valence-electron chi connectivity index (χ4n) is 1.07. The van der Waals surface area contributed by atoms with Crippen molar-refractivity contribution in [3.05, 3.63) is 0 Å². The van der Waals surface area contributed by atoms with Crippen LogP contribution >= 0.6 is 10.9 Å². The normalized spacial score (nSPS) is 13.2. The molecule has 0 saturated carbocycles. The number of rotatable bonds is 8. The monoisotopic (exact) mass is 210 g/mol. The molecule has 0 rings (SSSR count). The molecule has 0 aromatic carbocycles. The molecule has 13 heavy (non-hydrogen) atoms. The van der Waals surface area contributed by atoms with Crippen LogP contribution in [0.5, 0.6) is 0 Å². The molecule has 4 heteroatoms. The van der Waals surface area contributed by atoms with Crippen molar-refractivity contribution in [2.75, 3.05) is 25.6 Å². The summed E-state index contributed by atoms with van der Waals surface area (Å²) in [6.45, 7) is 9.96. The first-order valence-corrected chi connectivity index (χ1v) is 6.56. The Labute approximate surface area is 83.7 Å². The van der Waals surface area contributed by atoms with E-state index in [1.54, 1.807) is 0 Å². The zero-order chi connectivity index (χ0) is 10.2. The van der Waals surface area contributed by atoms with E-state index in [1.807, 2.05) is 20.8 Å². The average molecular weight is 210 g/mol. The van der Waals surface area contributed by atoms with Crippen molar-refractivity contribution in [1.82, 2.24) is 0 Å². The summed E-state index contributed by atoms with van der Waals surface area (Å²) in [6, 6.07) is 0. The van der Waals surface area contributed by atoms with Gasteiger partial charge in [-0.15, -0.1) is 0 Å². The summed E-state index contributed by atoms with van der Waals surface area (Å²) < 4.78 is 16.8. The first kappa shape index (κ1) is 13.2. The maximum absolute atomic E-state index is 5.59. The Morgan fingerprint density at radius 2 is 1.15 bits per heavy atom. The van der Waals surface area contributed by atoms with E-state index in [0.29, 0.717) is 19.8 Å². The van der Waals surface area contributed by atoms with Crippen LogP contribution in [0, 0.1) is 0 Å². The van der Waals surface area contributed by atoms with Crippen molar-refractivity contribution in [3.8, 4) is 0 Å². The highest BCUT2D eigenvalue weighted by atomic mass is 32.3. The topological polar surface area (TPSA) is 27.7 Å². The molecule has 0 unspecified atom stereocenters. The minimum Gasteiger partial charge on any atom is -0.293 e. The molecule has 0 radical (unpaired) electrons. The van der Waals surface area contributed by atoms with Gasteiger partial charge in [0.15, 0.2) is 0 Å². The van der Waals surface area contributed by atoms with Gasteiger partial charge in [-0.1, -0.05) is 6.92 Å². The summed E-state index contributed by atoms with van der Waals surface area (Å²) in [5.74, 6) is 0.864. The van der Waals surface area contributed by atoms with Gasteiger partial charge in [0.05, 0.1) is 30.7 Å². The summed E-state index contributed by atoms with van der Waals surface area (Å²) in [4.78, 5) is 0. The lowest BCUT2D eigenvalue weighted by molar-refractivity contribution is 0.185. The molecule has 0 aromatic heterocycles. The molecule has 0 aromatic rings. The Balaban J connectivity index is 4.19. The zero-order valence-corrected chi connectivity index (χ0v) is 9.99. The van der Waals surface area contributed by atoms with Crippen LogP contribution in [-0.4, -0.2) is 25.6 Å². The minimum absolute atomic E-state index is 0.648. The zero-order valence-electron chi connectivity index (χ0n) is 9.17. The van der Waals surface area contributed by atoms with Crippen molar-refractivity contribution in [2.24, 2.45) is 0 Å². The third-order valence-corrected chi connectivity index (χ3v) is 4.04. The lowest BCUT2D eigenvalue weighted by Gasteiger charge is -2.36. The van der Waals surface area contributed by atoms with Crippen molar-refractivity contribution >= 4 is 10.9 Å². The van der Waals surface area contributed by atoms with Crippen LogP contribution in [0.1, 0.15) is 34.1 Å². The molecule has 0 amide bonds. The fourth-order valence-corrected chi connectivity index (χ4v) is 3.20. The molecule has 0 N–H and O–H groups in total. The van der Waals surface area contributed by atoms with E-state index in [0.717, 1.165) is 12.2 Å². The molecule has 0 bridgehead atoms. The predicted octanol–water partition coefficient (Wildman–Crippen LogP) is 3.06. The van der Waals surface area contributed by atoms with Gasteiger partial charge in [-0.25, -0.2) is 0 Å². The third-order valence-electron chi connectivity index (χ3n) is 1.35. The molecule has 0 aliphatic carbocycles. The second-order valence-corrected chi connectivity index (χ2v) is 4.71. The van der Waals surface area contributed by atoms with E-state index in [1.165, 1.54) is 0 Å². The Bertz CT molecular complexity index is 89.9. The minimum atomic E-state index is -1.70.